The Kier molecular flexibility index (Phi) is 4.56. The highest BCUT2D eigenvalue weighted by molar-refractivity contribution is 4.74. The first-order valence-electron chi connectivity index (χ1n) is 3.78. The number of rotatable bonds is 5. The van der Waals surface area contributed by atoms with E-state index in [0.717, 1.165) is 0 Å². The molecule has 0 saturated carbocycles. The lowest BCUT2D eigenvalue weighted by Gasteiger charge is -2.24. The summed E-state index contributed by atoms with van der Waals surface area (Å²) in [5.74, 6) is -2.17. The van der Waals surface area contributed by atoms with Gasteiger partial charge in [0.2, 0.25) is 0 Å². The molecule has 0 aromatic heterocycles. The molecular weight excluding hydrogens is 149 g/mol. The lowest BCUT2D eigenvalue weighted by Crippen LogP contribution is -2.41. The van der Waals surface area contributed by atoms with Crippen molar-refractivity contribution < 1.29 is 14.6 Å². The minimum absolute atomic E-state index is 0.0124. The lowest BCUT2D eigenvalue weighted by atomic mass is 10.1. The Morgan fingerprint density at radius 3 is 2.45 bits per heavy atom. The fourth-order valence-corrected chi connectivity index (χ4v) is 0.793. The van der Waals surface area contributed by atoms with Gasteiger partial charge in [0.15, 0.2) is 12.0 Å². The van der Waals surface area contributed by atoms with E-state index in [0.29, 0.717) is 6.54 Å². The molecule has 0 rings (SSSR count). The average Bonchev–Trinajstić information content (AvgIpc) is 1.99. The van der Waals surface area contributed by atoms with E-state index in [4.69, 9.17) is 10.2 Å². The third-order valence-electron chi connectivity index (χ3n) is 1.60. The second-order valence-corrected chi connectivity index (χ2v) is 2.61. The van der Waals surface area contributed by atoms with Crippen molar-refractivity contribution in [2.75, 3.05) is 13.6 Å². The molecule has 3 nitrogen and oxygen atoms in total. The third-order valence-corrected chi connectivity index (χ3v) is 1.60. The highest BCUT2D eigenvalue weighted by Gasteiger charge is 2.32. The summed E-state index contributed by atoms with van der Waals surface area (Å²) in [6.45, 7) is 1.97. The van der Waals surface area contributed by atoms with E-state index in [1.165, 1.54) is 0 Å². The van der Waals surface area contributed by atoms with Gasteiger partial charge in [-0.3, -0.25) is 0 Å². The Hall–Kier alpha value is -0.190. The number of nitrogens with one attached hydrogen (secondary N) is 1. The maximum absolute atomic E-state index is 12.7. The van der Waals surface area contributed by atoms with Crippen LogP contribution in [0.5, 0.6) is 0 Å². The van der Waals surface area contributed by atoms with Crippen LogP contribution in [0.4, 0.5) is 4.39 Å². The Morgan fingerprint density at radius 2 is 2.09 bits per heavy atom. The summed E-state index contributed by atoms with van der Waals surface area (Å²) in [6.07, 6.45) is -1.43. The van der Waals surface area contributed by atoms with Gasteiger partial charge in [-0.2, -0.15) is 0 Å². The molecule has 0 amide bonds. The molecule has 1 atom stereocenters. The number of halogens is 1. The van der Waals surface area contributed by atoms with Crippen LogP contribution in [-0.4, -0.2) is 35.8 Å². The standard InChI is InChI=1S/C7H16FNO2/c1-3-6(8)7(10,11)4-5-9-2/h6,9-11H,3-5H2,1-2H3. The number of aliphatic hydroxyl groups is 2. The van der Waals surface area contributed by atoms with Gasteiger partial charge in [-0.05, 0) is 13.5 Å². The summed E-state index contributed by atoms with van der Waals surface area (Å²) in [6, 6.07) is 0. The van der Waals surface area contributed by atoms with Gasteiger partial charge in [-0.25, -0.2) is 4.39 Å². The molecule has 0 aromatic carbocycles. The van der Waals surface area contributed by atoms with Crippen molar-refractivity contribution in [3.63, 3.8) is 0 Å². The summed E-state index contributed by atoms with van der Waals surface area (Å²) in [5, 5.41) is 20.8. The van der Waals surface area contributed by atoms with Crippen LogP contribution in [0.3, 0.4) is 0 Å². The normalized spacial score (nSPS) is 15.0. The number of hydrogen-bond donors (Lipinski definition) is 3. The largest absolute Gasteiger partial charge is 0.363 e. The molecule has 0 aliphatic heterocycles. The van der Waals surface area contributed by atoms with Crippen molar-refractivity contribution in [1.29, 1.82) is 0 Å². The Balaban J connectivity index is 3.77. The van der Waals surface area contributed by atoms with Crippen LogP contribution in [0.2, 0.25) is 0 Å². The van der Waals surface area contributed by atoms with E-state index in [1.54, 1.807) is 14.0 Å². The minimum atomic E-state index is -2.17. The number of hydrogen-bond acceptors (Lipinski definition) is 3. The molecule has 0 spiro atoms. The molecule has 68 valence electrons. The highest BCUT2D eigenvalue weighted by atomic mass is 19.1. The van der Waals surface area contributed by atoms with E-state index in [1.807, 2.05) is 0 Å². The van der Waals surface area contributed by atoms with Crippen LogP contribution in [0.25, 0.3) is 0 Å². The molecule has 1 unspecified atom stereocenters. The van der Waals surface area contributed by atoms with Crippen LogP contribution in [0, 0.1) is 0 Å². The first kappa shape index (κ1) is 10.8. The molecule has 0 aliphatic rings. The zero-order valence-electron chi connectivity index (χ0n) is 6.97. The maximum Gasteiger partial charge on any atom is 0.196 e. The fourth-order valence-electron chi connectivity index (χ4n) is 0.793. The molecular formula is C7H16FNO2. The molecule has 0 fully saturated rings. The topological polar surface area (TPSA) is 52.5 Å². The molecule has 0 saturated heterocycles. The fraction of sp³-hybridized carbons (Fsp3) is 1.00. The predicted octanol–water partition coefficient (Wildman–Crippen LogP) is 0.0249. The van der Waals surface area contributed by atoms with Gasteiger partial charge in [-0.1, -0.05) is 6.92 Å². The average molecular weight is 165 g/mol. The van der Waals surface area contributed by atoms with Crippen LogP contribution < -0.4 is 5.32 Å². The van der Waals surface area contributed by atoms with E-state index in [2.05, 4.69) is 5.32 Å². The molecule has 0 aromatic rings. The summed E-state index contributed by atoms with van der Waals surface area (Å²) < 4.78 is 12.7. The van der Waals surface area contributed by atoms with E-state index < -0.39 is 12.0 Å². The van der Waals surface area contributed by atoms with Gasteiger partial charge in [0.05, 0.1) is 0 Å². The Labute approximate surface area is 66.2 Å². The Morgan fingerprint density at radius 1 is 1.55 bits per heavy atom. The first-order valence-corrected chi connectivity index (χ1v) is 3.78. The molecule has 4 heteroatoms. The summed E-state index contributed by atoms with van der Waals surface area (Å²) in [7, 11) is 1.68. The zero-order valence-corrected chi connectivity index (χ0v) is 6.97. The van der Waals surface area contributed by atoms with Crippen molar-refractivity contribution >= 4 is 0 Å². The molecule has 11 heavy (non-hydrogen) atoms. The predicted molar refractivity (Wildman–Crippen MR) is 40.9 cm³/mol. The van der Waals surface area contributed by atoms with Gasteiger partial charge in [0.25, 0.3) is 0 Å². The van der Waals surface area contributed by atoms with E-state index in [9.17, 15) is 4.39 Å². The molecule has 0 radical (unpaired) electrons. The quantitative estimate of drug-likeness (QED) is 0.504. The molecule has 0 heterocycles. The minimum Gasteiger partial charge on any atom is -0.363 e. The van der Waals surface area contributed by atoms with Gasteiger partial charge in [0.1, 0.15) is 0 Å². The van der Waals surface area contributed by atoms with Crippen molar-refractivity contribution in [3.8, 4) is 0 Å². The van der Waals surface area contributed by atoms with Crippen molar-refractivity contribution in [2.24, 2.45) is 0 Å². The monoisotopic (exact) mass is 165 g/mol. The van der Waals surface area contributed by atoms with Gasteiger partial charge in [0, 0.05) is 13.0 Å². The van der Waals surface area contributed by atoms with Gasteiger partial charge < -0.3 is 15.5 Å². The second kappa shape index (κ2) is 4.64. The van der Waals surface area contributed by atoms with Crippen LogP contribution >= 0.6 is 0 Å². The van der Waals surface area contributed by atoms with Crippen molar-refractivity contribution in [1.82, 2.24) is 5.32 Å². The highest BCUT2D eigenvalue weighted by Crippen LogP contribution is 2.16. The Bertz CT molecular complexity index is 109. The number of alkyl halides is 1. The van der Waals surface area contributed by atoms with Gasteiger partial charge in [-0.15, -0.1) is 0 Å². The summed E-state index contributed by atoms with van der Waals surface area (Å²) in [4.78, 5) is 0. The molecule has 3 N–H and O–H groups in total. The van der Waals surface area contributed by atoms with Crippen molar-refractivity contribution in [3.05, 3.63) is 0 Å². The maximum atomic E-state index is 12.7. The molecule has 0 bridgehead atoms. The smallest absolute Gasteiger partial charge is 0.196 e. The third kappa shape index (κ3) is 3.65. The van der Waals surface area contributed by atoms with Crippen molar-refractivity contribution in [2.45, 2.75) is 31.7 Å². The zero-order chi connectivity index (χ0) is 8.91. The van der Waals surface area contributed by atoms with Gasteiger partial charge >= 0.3 is 0 Å². The van der Waals surface area contributed by atoms with Crippen LogP contribution in [0.1, 0.15) is 19.8 Å². The second-order valence-electron chi connectivity index (χ2n) is 2.61. The van der Waals surface area contributed by atoms with E-state index >= 15 is 0 Å². The summed E-state index contributed by atoms with van der Waals surface area (Å²) >= 11 is 0. The summed E-state index contributed by atoms with van der Waals surface area (Å²) in [5.41, 5.74) is 0. The molecule has 0 aliphatic carbocycles. The van der Waals surface area contributed by atoms with Crippen LogP contribution in [-0.2, 0) is 0 Å². The SMILES string of the molecule is CCC(F)C(O)(O)CCNC. The first-order chi connectivity index (χ1) is 5.04. The van der Waals surface area contributed by atoms with Crippen LogP contribution in [0.15, 0.2) is 0 Å². The van der Waals surface area contributed by atoms with E-state index in [-0.39, 0.29) is 12.8 Å². The lowest BCUT2D eigenvalue weighted by molar-refractivity contribution is -0.208.